The number of hydrogen-bond acceptors (Lipinski definition) is 6. The highest BCUT2D eigenvalue weighted by Crippen LogP contribution is 2.29. The number of carbonyl (C=O) groups excluding carboxylic acids is 1. The summed E-state index contributed by atoms with van der Waals surface area (Å²) in [5.74, 6) is 0.266. The van der Waals surface area contributed by atoms with E-state index in [9.17, 15) is 10.1 Å². The Labute approximate surface area is 187 Å². The highest BCUT2D eigenvalue weighted by Gasteiger charge is 2.16. The molecule has 4 rings (SSSR count). The molecule has 2 N–H and O–H groups in total. The van der Waals surface area contributed by atoms with Crippen LogP contribution in [0.5, 0.6) is 0 Å². The predicted octanol–water partition coefficient (Wildman–Crippen LogP) is 4.16. The van der Waals surface area contributed by atoms with E-state index in [1.165, 1.54) is 6.08 Å². The first-order valence-electron chi connectivity index (χ1n) is 10.5. The molecule has 32 heavy (non-hydrogen) atoms. The van der Waals surface area contributed by atoms with Crippen molar-refractivity contribution in [2.75, 3.05) is 23.3 Å². The average molecular weight is 425 g/mol. The molecule has 1 saturated heterocycles. The summed E-state index contributed by atoms with van der Waals surface area (Å²) < 4.78 is 0. The van der Waals surface area contributed by atoms with Gasteiger partial charge in [-0.2, -0.15) is 5.26 Å². The lowest BCUT2D eigenvalue weighted by Gasteiger charge is -2.19. The number of nitrogens with zero attached hydrogens (tertiary/aromatic N) is 4. The summed E-state index contributed by atoms with van der Waals surface area (Å²) in [4.78, 5) is 22.5. The first-order chi connectivity index (χ1) is 15.7. The van der Waals surface area contributed by atoms with E-state index in [1.54, 1.807) is 6.20 Å². The summed E-state index contributed by atoms with van der Waals surface area (Å²) in [6.07, 6.45) is 5.28. The van der Waals surface area contributed by atoms with Gasteiger partial charge in [0.1, 0.15) is 6.07 Å². The van der Waals surface area contributed by atoms with Gasteiger partial charge in [0, 0.05) is 37.1 Å². The topological polar surface area (TPSA) is 93.9 Å². The van der Waals surface area contributed by atoms with Gasteiger partial charge in [0.15, 0.2) is 0 Å². The molecule has 7 nitrogen and oxygen atoms in total. The molecule has 0 radical (unpaired) electrons. The Kier molecular flexibility index (Phi) is 6.42. The third kappa shape index (κ3) is 4.93. The van der Waals surface area contributed by atoms with Crippen LogP contribution in [0.25, 0.3) is 11.3 Å². The van der Waals surface area contributed by atoms with Crippen molar-refractivity contribution in [2.45, 2.75) is 19.4 Å². The number of anilines is 3. The standard InChI is InChI=1S/C25H24N6O/c1-2-24(32)28-17-18-5-8-21(9-6-18)29-25-27-12-11-22(30-25)19-7-10-23(20(15-19)16-26)31-13-3-4-14-31/h2,5-12,15H,1,3-4,13-14,17H2,(H,28,32)(H,27,29,30). The number of nitriles is 1. The molecule has 1 aliphatic heterocycles. The van der Waals surface area contributed by atoms with Gasteiger partial charge in [-0.25, -0.2) is 9.97 Å². The molecule has 2 aromatic carbocycles. The van der Waals surface area contributed by atoms with Crippen LogP contribution in [0.15, 0.2) is 67.4 Å². The van der Waals surface area contributed by atoms with Crippen molar-refractivity contribution >= 4 is 23.2 Å². The van der Waals surface area contributed by atoms with Crippen molar-refractivity contribution in [3.63, 3.8) is 0 Å². The summed E-state index contributed by atoms with van der Waals surface area (Å²) in [5.41, 5.74) is 5.09. The lowest BCUT2D eigenvalue weighted by molar-refractivity contribution is -0.116. The second kappa shape index (κ2) is 9.75. The van der Waals surface area contributed by atoms with Gasteiger partial charge >= 0.3 is 0 Å². The van der Waals surface area contributed by atoms with Crippen LogP contribution in [-0.2, 0) is 11.3 Å². The minimum Gasteiger partial charge on any atom is -0.370 e. The Morgan fingerprint density at radius 1 is 1.16 bits per heavy atom. The van der Waals surface area contributed by atoms with Crippen molar-refractivity contribution in [3.8, 4) is 17.3 Å². The molecule has 160 valence electrons. The zero-order chi connectivity index (χ0) is 22.3. The van der Waals surface area contributed by atoms with Crippen molar-refractivity contribution < 1.29 is 4.79 Å². The van der Waals surface area contributed by atoms with Crippen molar-refractivity contribution in [2.24, 2.45) is 0 Å². The van der Waals surface area contributed by atoms with Gasteiger partial charge < -0.3 is 15.5 Å². The minimum atomic E-state index is -0.203. The van der Waals surface area contributed by atoms with E-state index in [2.05, 4.69) is 38.1 Å². The number of aromatic nitrogens is 2. The summed E-state index contributed by atoms with van der Waals surface area (Å²) in [5, 5.41) is 15.6. The number of rotatable bonds is 7. The van der Waals surface area contributed by atoms with Crippen LogP contribution in [0.4, 0.5) is 17.3 Å². The lowest BCUT2D eigenvalue weighted by atomic mass is 10.1. The number of carbonyl (C=O) groups is 1. The Morgan fingerprint density at radius 2 is 1.94 bits per heavy atom. The van der Waals surface area contributed by atoms with Gasteiger partial charge in [0.2, 0.25) is 11.9 Å². The van der Waals surface area contributed by atoms with Crippen molar-refractivity contribution in [3.05, 3.63) is 78.5 Å². The highest BCUT2D eigenvalue weighted by atomic mass is 16.1. The van der Waals surface area contributed by atoms with Gasteiger partial charge in [-0.15, -0.1) is 0 Å². The van der Waals surface area contributed by atoms with E-state index in [0.29, 0.717) is 18.1 Å². The fourth-order valence-corrected chi connectivity index (χ4v) is 3.69. The normalized spacial score (nSPS) is 12.8. The molecule has 1 aromatic heterocycles. The fourth-order valence-electron chi connectivity index (χ4n) is 3.69. The molecule has 0 aliphatic carbocycles. The Bertz CT molecular complexity index is 1160. The second-order valence-electron chi connectivity index (χ2n) is 7.55. The van der Waals surface area contributed by atoms with Crippen LogP contribution in [0, 0.1) is 11.3 Å². The molecule has 7 heteroatoms. The first-order valence-corrected chi connectivity index (χ1v) is 10.5. The monoisotopic (exact) mass is 424 g/mol. The smallest absolute Gasteiger partial charge is 0.243 e. The van der Waals surface area contributed by atoms with Crippen LogP contribution in [0.1, 0.15) is 24.0 Å². The Balaban J connectivity index is 1.48. The van der Waals surface area contributed by atoms with Gasteiger partial charge in [-0.3, -0.25) is 4.79 Å². The van der Waals surface area contributed by atoms with E-state index in [-0.39, 0.29) is 5.91 Å². The maximum atomic E-state index is 11.3. The summed E-state index contributed by atoms with van der Waals surface area (Å²) in [7, 11) is 0. The average Bonchev–Trinajstić information content (AvgIpc) is 3.38. The van der Waals surface area contributed by atoms with Gasteiger partial charge in [0.05, 0.1) is 16.9 Å². The largest absolute Gasteiger partial charge is 0.370 e. The third-order valence-corrected chi connectivity index (χ3v) is 5.38. The molecule has 1 fully saturated rings. The molecule has 1 amide bonds. The molecule has 0 saturated carbocycles. The zero-order valence-electron chi connectivity index (χ0n) is 17.7. The number of hydrogen-bond donors (Lipinski definition) is 2. The fraction of sp³-hybridized carbons (Fsp3) is 0.200. The van der Waals surface area contributed by atoms with Crippen molar-refractivity contribution in [1.82, 2.24) is 15.3 Å². The summed E-state index contributed by atoms with van der Waals surface area (Å²) >= 11 is 0. The van der Waals surface area contributed by atoms with E-state index < -0.39 is 0 Å². The van der Waals surface area contributed by atoms with Crippen LogP contribution < -0.4 is 15.5 Å². The van der Waals surface area contributed by atoms with E-state index >= 15 is 0 Å². The maximum absolute atomic E-state index is 11.3. The summed E-state index contributed by atoms with van der Waals surface area (Å²) in [6.45, 7) is 5.87. The minimum absolute atomic E-state index is 0.203. The van der Waals surface area contributed by atoms with Crippen LogP contribution in [-0.4, -0.2) is 29.0 Å². The van der Waals surface area contributed by atoms with E-state index in [1.807, 2.05) is 48.5 Å². The molecule has 0 spiro atoms. The van der Waals surface area contributed by atoms with E-state index in [4.69, 9.17) is 0 Å². The molecule has 3 aromatic rings. The Morgan fingerprint density at radius 3 is 2.66 bits per heavy atom. The molecule has 1 aliphatic rings. The van der Waals surface area contributed by atoms with Gasteiger partial charge in [0.25, 0.3) is 0 Å². The Hall–Kier alpha value is -4.18. The third-order valence-electron chi connectivity index (χ3n) is 5.38. The molecule has 0 atom stereocenters. The number of amides is 1. The van der Waals surface area contributed by atoms with Gasteiger partial charge in [-0.1, -0.05) is 24.8 Å². The van der Waals surface area contributed by atoms with Gasteiger partial charge in [-0.05, 0) is 54.8 Å². The van der Waals surface area contributed by atoms with E-state index in [0.717, 1.165) is 54.1 Å². The molecular weight excluding hydrogens is 400 g/mol. The second-order valence-corrected chi connectivity index (χ2v) is 7.55. The molecule has 2 heterocycles. The van der Waals surface area contributed by atoms with Crippen LogP contribution in [0.2, 0.25) is 0 Å². The maximum Gasteiger partial charge on any atom is 0.243 e. The SMILES string of the molecule is C=CC(=O)NCc1ccc(Nc2nccc(-c3ccc(N4CCCC4)c(C#N)c3)n2)cc1. The van der Waals surface area contributed by atoms with Crippen LogP contribution >= 0.6 is 0 Å². The first kappa shape index (κ1) is 21.1. The van der Waals surface area contributed by atoms with Crippen LogP contribution in [0.3, 0.4) is 0 Å². The lowest BCUT2D eigenvalue weighted by Crippen LogP contribution is -2.19. The molecular formula is C25H24N6O. The highest BCUT2D eigenvalue weighted by molar-refractivity contribution is 5.86. The zero-order valence-corrected chi connectivity index (χ0v) is 17.7. The predicted molar refractivity (Wildman–Crippen MR) is 125 cm³/mol. The summed E-state index contributed by atoms with van der Waals surface area (Å²) in [6, 6.07) is 17.7. The molecule has 0 bridgehead atoms. The van der Waals surface area contributed by atoms with Crippen molar-refractivity contribution in [1.29, 1.82) is 5.26 Å². The quantitative estimate of drug-likeness (QED) is 0.553. The number of benzene rings is 2. The molecule has 0 unspecified atom stereocenters. The number of nitrogens with one attached hydrogen (secondary N) is 2.